The van der Waals surface area contributed by atoms with E-state index in [1.165, 1.54) is 16.7 Å². The number of aryl methyl sites for hydroxylation is 4. The van der Waals surface area contributed by atoms with E-state index in [4.69, 9.17) is 0 Å². The highest BCUT2D eigenvalue weighted by Gasteiger charge is 2.07. The molecule has 1 heterocycles. The Morgan fingerprint density at radius 2 is 1.60 bits per heavy atom. The van der Waals surface area contributed by atoms with E-state index < -0.39 is 0 Å². The van der Waals surface area contributed by atoms with Crippen molar-refractivity contribution in [2.75, 3.05) is 0 Å². The van der Waals surface area contributed by atoms with Crippen molar-refractivity contribution in [3.05, 3.63) is 41.0 Å². The Bertz CT molecular complexity index is 474. The van der Waals surface area contributed by atoms with Crippen molar-refractivity contribution < 1.29 is 0 Å². The van der Waals surface area contributed by atoms with Crippen LogP contribution in [-0.2, 0) is 0 Å². The molecule has 3 heteroatoms. The minimum absolute atomic E-state index is 0.800. The summed E-state index contributed by atoms with van der Waals surface area (Å²) in [6, 6.07) is 4.33. The minimum atomic E-state index is 0.800. The molecule has 0 fully saturated rings. The highest BCUT2D eigenvalue weighted by molar-refractivity contribution is 5.48. The largest absolute Gasteiger partial charge is 0.220 e. The van der Waals surface area contributed by atoms with Gasteiger partial charge in [-0.05, 0) is 38.8 Å². The monoisotopic (exact) mass is 201 g/mol. The van der Waals surface area contributed by atoms with Crippen LogP contribution in [0.3, 0.4) is 0 Å². The first-order valence-corrected chi connectivity index (χ1v) is 5.04. The molecule has 0 atom stereocenters. The van der Waals surface area contributed by atoms with Gasteiger partial charge in [-0.2, -0.15) is 5.10 Å². The summed E-state index contributed by atoms with van der Waals surface area (Å²) in [5.41, 5.74) is 4.89. The lowest BCUT2D eigenvalue weighted by molar-refractivity contribution is 0.848. The number of aromatic nitrogens is 3. The van der Waals surface area contributed by atoms with Crippen LogP contribution in [0.25, 0.3) is 5.69 Å². The Hall–Kier alpha value is -1.64. The van der Waals surface area contributed by atoms with Gasteiger partial charge in [0.15, 0.2) is 0 Å². The number of nitrogens with zero attached hydrogens (tertiary/aromatic N) is 3. The standard InChI is InChI=1S/C12H15N3/c1-8-5-9(2)12(10(3)6-8)15-7-13-11(4)14-15/h5-7H,1-4H3. The van der Waals surface area contributed by atoms with Crippen molar-refractivity contribution in [3.63, 3.8) is 0 Å². The molecule has 0 amide bonds. The normalized spacial score (nSPS) is 10.7. The quantitative estimate of drug-likeness (QED) is 0.709. The van der Waals surface area contributed by atoms with Crippen LogP contribution >= 0.6 is 0 Å². The van der Waals surface area contributed by atoms with Gasteiger partial charge < -0.3 is 0 Å². The van der Waals surface area contributed by atoms with Crippen LogP contribution in [0.15, 0.2) is 18.5 Å². The van der Waals surface area contributed by atoms with Gasteiger partial charge in [0, 0.05) is 0 Å². The Kier molecular flexibility index (Phi) is 2.31. The van der Waals surface area contributed by atoms with Crippen LogP contribution in [0.5, 0.6) is 0 Å². The lowest BCUT2D eigenvalue weighted by Crippen LogP contribution is -2.01. The number of hydrogen-bond acceptors (Lipinski definition) is 2. The molecule has 0 spiro atoms. The second-order valence-corrected chi connectivity index (χ2v) is 3.98. The maximum atomic E-state index is 4.34. The van der Waals surface area contributed by atoms with E-state index >= 15 is 0 Å². The van der Waals surface area contributed by atoms with Crippen molar-refractivity contribution in [2.45, 2.75) is 27.7 Å². The van der Waals surface area contributed by atoms with E-state index in [2.05, 4.69) is 43.0 Å². The van der Waals surface area contributed by atoms with Crippen LogP contribution in [0.2, 0.25) is 0 Å². The fraction of sp³-hybridized carbons (Fsp3) is 0.333. The predicted octanol–water partition coefficient (Wildman–Crippen LogP) is 2.50. The smallest absolute Gasteiger partial charge is 0.147 e. The third-order valence-electron chi connectivity index (χ3n) is 2.47. The van der Waals surface area contributed by atoms with Gasteiger partial charge in [0.25, 0.3) is 0 Å². The number of hydrogen-bond donors (Lipinski definition) is 0. The lowest BCUT2D eigenvalue weighted by Gasteiger charge is -2.10. The molecule has 3 nitrogen and oxygen atoms in total. The molecule has 0 saturated heterocycles. The van der Waals surface area contributed by atoms with Crippen LogP contribution in [0.4, 0.5) is 0 Å². The molecule has 0 aliphatic rings. The molecular weight excluding hydrogens is 186 g/mol. The summed E-state index contributed by atoms with van der Waals surface area (Å²) >= 11 is 0. The van der Waals surface area contributed by atoms with E-state index in [-0.39, 0.29) is 0 Å². The van der Waals surface area contributed by atoms with Crippen molar-refractivity contribution in [2.24, 2.45) is 0 Å². The van der Waals surface area contributed by atoms with Crippen molar-refractivity contribution in [1.29, 1.82) is 0 Å². The van der Waals surface area contributed by atoms with E-state index in [9.17, 15) is 0 Å². The van der Waals surface area contributed by atoms with Crippen LogP contribution in [-0.4, -0.2) is 14.8 Å². The van der Waals surface area contributed by atoms with Gasteiger partial charge >= 0.3 is 0 Å². The Morgan fingerprint density at radius 1 is 1.00 bits per heavy atom. The van der Waals surface area contributed by atoms with E-state index in [1.807, 2.05) is 11.6 Å². The second kappa shape index (κ2) is 3.50. The summed E-state index contributed by atoms with van der Waals surface area (Å²) in [6.07, 6.45) is 1.76. The van der Waals surface area contributed by atoms with E-state index in [1.54, 1.807) is 6.33 Å². The molecule has 0 unspecified atom stereocenters. The molecule has 1 aromatic carbocycles. The Morgan fingerprint density at radius 3 is 2.07 bits per heavy atom. The maximum Gasteiger partial charge on any atom is 0.147 e. The molecule has 2 aromatic rings. The summed E-state index contributed by atoms with van der Waals surface area (Å²) in [4.78, 5) is 4.15. The zero-order chi connectivity index (χ0) is 11.0. The van der Waals surface area contributed by atoms with Crippen molar-refractivity contribution in [1.82, 2.24) is 14.8 Å². The zero-order valence-electron chi connectivity index (χ0n) is 9.57. The summed E-state index contributed by atoms with van der Waals surface area (Å²) in [6.45, 7) is 8.21. The van der Waals surface area contributed by atoms with E-state index in [0.717, 1.165) is 11.5 Å². The highest BCUT2D eigenvalue weighted by Crippen LogP contribution is 2.19. The van der Waals surface area contributed by atoms with Crippen LogP contribution in [0, 0.1) is 27.7 Å². The third kappa shape index (κ3) is 1.77. The fourth-order valence-electron chi connectivity index (χ4n) is 1.99. The molecular formula is C12H15N3. The summed E-state index contributed by atoms with van der Waals surface area (Å²) in [7, 11) is 0. The molecule has 0 aliphatic heterocycles. The predicted molar refractivity (Wildman–Crippen MR) is 60.3 cm³/mol. The molecule has 1 aromatic heterocycles. The number of rotatable bonds is 1. The average molecular weight is 201 g/mol. The SMILES string of the molecule is Cc1cc(C)c(-n2cnc(C)n2)c(C)c1. The molecule has 0 N–H and O–H groups in total. The number of benzene rings is 1. The lowest BCUT2D eigenvalue weighted by atomic mass is 10.1. The maximum absolute atomic E-state index is 4.34. The highest BCUT2D eigenvalue weighted by atomic mass is 15.3. The molecule has 0 bridgehead atoms. The summed E-state index contributed by atoms with van der Waals surface area (Å²) in [5, 5.41) is 4.34. The molecule has 0 radical (unpaired) electrons. The molecule has 15 heavy (non-hydrogen) atoms. The minimum Gasteiger partial charge on any atom is -0.220 e. The van der Waals surface area contributed by atoms with Crippen LogP contribution in [0.1, 0.15) is 22.5 Å². The third-order valence-corrected chi connectivity index (χ3v) is 2.47. The Labute approximate surface area is 89.8 Å². The Balaban J connectivity index is 2.62. The molecule has 0 aliphatic carbocycles. The van der Waals surface area contributed by atoms with Gasteiger partial charge in [0.2, 0.25) is 0 Å². The molecule has 2 rings (SSSR count). The summed E-state index contributed by atoms with van der Waals surface area (Å²) in [5.74, 6) is 0.800. The van der Waals surface area contributed by atoms with Gasteiger partial charge in [-0.15, -0.1) is 0 Å². The van der Waals surface area contributed by atoms with Gasteiger partial charge in [0.05, 0.1) is 5.69 Å². The van der Waals surface area contributed by atoms with Gasteiger partial charge in [-0.3, -0.25) is 0 Å². The van der Waals surface area contributed by atoms with Gasteiger partial charge in [0.1, 0.15) is 12.2 Å². The van der Waals surface area contributed by atoms with Crippen LogP contribution < -0.4 is 0 Å². The van der Waals surface area contributed by atoms with Gasteiger partial charge in [-0.25, -0.2) is 9.67 Å². The van der Waals surface area contributed by atoms with Gasteiger partial charge in [-0.1, -0.05) is 17.7 Å². The first kappa shape index (κ1) is 9.90. The topological polar surface area (TPSA) is 30.7 Å². The first-order valence-electron chi connectivity index (χ1n) is 5.04. The first-order chi connectivity index (χ1) is 7.08. The average Bonchev–Trinajstić information content (AvgIpc) is 2.49. The van der Waals surface area contributed by atoms with Crippen molar-refractivity contribution in [3.8, 4) is 5.69 Å². The molecule has 78 valence electrons. The fourth-order valence-corrected chi connectivity index (χ4v) is 1.99. The summed E-state index contributed by atoms with van der Waals surface area (Å²) < 4.78 is 1.85. The van der Waals surface area contributed by atoms with Crippen molar-refractivity contribution >= 4 is 0 Å². The van der Waals surface area contributed by atoms with E-state index in [0.29, 0.717) is 0 Å². The zero-order valence-corrected chi connectivity index (χ0v) is 9.57. The second-order valence-electron chi connectivity index (χ2n) is 3.98. The molecule has 0 saturated carbocycles.